The van der Waals surface area contributed by atoms with Crippen LogP contribution in [0.1, 0.15) is 53.6 Å². The number of thiophene rings is 1. The zero-order chi connectivity index (χ0) is 21.3. The van der Waals surface area contributed by atoms with Crippen LogP contribution < -0.4 is 15.8 Å². The zero-order valence-corrected chi connectivity index (χ0v) is 18.8. The fraction of sp³-hybridized carbons (Fsp3) is 0.455. The summed E-state index contributed by atoms with van der Waals surface area (Å²) >= 11 is 7.40. The van der Waals surface area contributed by atoms with Gasteiger partial charge in [-0.25, -0.2) is 0 Å². The Morgan fingerprint density at radius 1 is 1.34 bits per heavy atom. The average molecular weight is 435 g/mol. The number of nitrogens with two attached hydrogens (primary N) is 1. The first kappa shape index (κ1) is 21.7. The van der Waals surface area contributed by atoms with Gasteiger partial charge >= 0.3 is 0 Å². The second kappa shape index (κ2) is 8.36. The molecule has 156 valence electrons. The standard InChI is InChI=1S/C22H27ClN2O3S/c1-12-9-14(23)6-8-16(12)28-11-18(26)25-21-19(20(24)27)15-7-5-13(22(2,3)4)10-17(15)29-21/h6,8-9,13H,5,7,10-11H2,1-4H3,(H2,24,27)(H,25,26)/t13-/m1/s1. The fourth-order valence-corrected chi connectivity index (χ4v) is 5.33. The summed E-state index contributed by atoms with van der Waals surface area (Å²) in [4.78, 5) is 25.7. The third-order valence-electron chi connectivity index (χ3n) is 5.49. The van der Waals surface area contributed by atoms with E-state index in [-0.39, 0.29) is 17.9 Å². The second-order valence-corrected chi connectivity index (χ2v) is 10.2. The van der Waals surface area contributed by atoms with E-state index in [1.54, 1.807) is 18.2 Å². The Morgan fingerprint density at radius 3 is 2.69 bits per heavy atom. The minimum atomic E-state index is -0.499. The number of hydrogen-bond acceptors (Lipinski definition) is 4. The predicted molar refractivity (Wildman–Crippen MR) is 118 cm³/mol. The van der Waals surface area contributed by atoms with E-state index in [0.717, 1.165) is 35.3 Å². The van der Waals surface area contributed by atoms with Crippen molar-refractivity contribution in [3.8, 4) is 5.75 Å². The molecule has 0 unspecified atom stereocenters. The lowest BCUT2D eigenvalue weighted by Gasteiger charge is -2.33. The number of benzene rings is 1. The Morgan fingerprint density at radius 2 is 2.07 bits per heavy atom. The lowest BCUT2D eigenvalue weighted by Crippen LogP contribution is -2.27. The lowest BCUT2D eigenvalue weighted by molar-refractivity contribution is -0.118. The predicted octanol–water partition coefficient (Wildman–Crippen LogP) is 4.98. The molecule has 5 nitrogen and oxygen atoms in total. The third-order valence-corrected chi connectivity index (χ3v) is 6.89. The minimum absolute atomic E-state index is 0.159. The van der Waals surface area contributed by atoms with E-state index < -0.39 is 5.91 Å². The van der Waals surface area contributed by atoms with Crippen LogP contribution in [0.4, 0.5) is 5.00 Å². The van der Waals surface area contributed by atoms with Gasteiger partial charge in [0.1, 0.15) is 10.8 Å². The number of nitrogens with one attached hydrogen (secondary N) is 1. The van der Waals surface area contributed by atoms with Gasteiger partial charge in [-0.3, -0.25) is 9.59 Å². The van der Waals surface area contributed by atoms with Gasteiger partial charge in [0.2, 0.25) is 0 Å². The van der Waals surface area contributed by atoms with Crippen LogP contribution in [-0.4, -0.2) is 18.4 Å². The Kier molecular flexibility index (Phi) is 6.24. The third kappa shape index (κ3) is 4.93. The van der Waals surface area contributed by atoms with Gasteiger partial charge in [0.25, 0.3) is 11.8 Å². The fourth-order valence-electron chi connectivity index (χ4n) is 3.75. The molecule has 29 heavy (non-hydrogen) atoms. The highest BCUT2D eigenvalue weighted by molar-refractivity contribution is 7.17. The number of aryl methyl sites for hydroxylation is 1. The summed E-state index contributed by atoms with van der Waals surface area (Å²) in [6.45, 7) is 8.43. The monoisotopic (exact) mass is 434 g/mol. The van der Waals surface area contributed by atoms with Crippen LogP contribution in [0.5, 0.6) is 5.75 Å². The Bertz CT molecular complexity index is 946. The molecule has 1 aliphatic carbocycles. The average Bonchev–Trinajstić information content (AvgIpc) is 2.97. The molecule has 1 atom stereocenters. The summed E-state index contributed by atoms with van der Waals surface area (Å²) < 4.78 is 5.61. The van der Waals surface area contributed by atoms with E-state index in [4.69, 9.17) is 22.1 Å². The second-order valence-electron chi connectivity index (χ2n) is 8.62. The van der Waals surface area contributed by atoms with Crippen molar-refractivity contribution in [2.75, 3.05) is 11.9 Å². The molecular formula is C22H27ClN2O3S. The highest BCUT2D eigenvalue weighted by Crippen LogP contribution is 2.44. The molecule has 3 rings (SSSR count). The largest absolute Gasteiger partial charge is 0.483 e. The maximum atomic E-state index is 12.5. The maximum Gasteiger partial charge on any atom is 0.262 e. The van der Waals surface area contributed by atoms with Gasteiger partial charge in [-0.2, -0.15) is 0 Å². The van der Waals surface area contributed by atoms with Gasteiger partial charge in [-0.15, -0.1) is 11.3 Å². The molecule has 1 heterocycles. The molecule has 0 spiro atoms. The van der Waals surface area contributed by atoms with Gasteiger partial charge < -0.3 is 15.8 Å². The first-order valence-corrected chi connectivity index (χ1v) is 10.9. The maximum absolute atomic E-state index is 12.5. The Balaban J connectivity index is 1.74. The van der Waals surface area contributed by atoms with Crippen LogP contribution in [0.3, 0.4) is 0 Å². The van der Waals surface area contributed by atoms with Crippen LogP contribution in [0.15, 0.2) is 18.2 Å². The SMILES string of the molecule is Cc1cc(Cl)ccc1OCC(=O)Nc1sc2c(c1C(N)=O)CC[C@@H](C(C)(C)C)C2. The molecule has 0 saturated heterocycles. The first-order chi connectivity index (χ1) is 13.6. The number of primary amides is 1. The molecule has 0 bridgehead atoms. The van der Waals surface area contributed by atoms with Gasteiger partial charge in [0, 0.05) is 9.90 Å². The lowest BCUT2D eigenvalue weighted by atomic mass is 9.72. The number of carbonyl (C=O) groups is 2. The Hall–Kier alpha value is -2.05. The first-order valence-electron chi connectivity index (χ1n) is 9.69. The van der Waals surface area contributed by atoms with Crippen molar-refractivity contribution in [2.45, 2.75) is 47.0 Å². The molecule has 1 aromatic carbocycles. The van der Waals surface area contributed by atoms with Crippen molar-refractivity contribution >= 4 is 39.8 Å². The molecule has 1 aliphatic rings. The number of carbonyl (C=O) groups excluding carboxylic acids is 2. The molecule has 0 saturated carbocycles. The number of fused-ring (bicyclic) bond motifs is 1. The van der Waals surface area contributed by atoms with Crippen molar-refractivity contribution in [3.63, 3.8) is 0 Å². The van der Waals surface area contributed by atoms with Crippen LogP contribution in [0.2, 0.25) is 5.02 Å². The highest BCUT2D eigenvalue weighted by atomic mass is 35.5. The van der Waals surface area contributed by atoms with Crippen molar-refractivity contribution < 1.29 is 14.3 Å². The van der Waals surface area contributed by atoms with Gasteiger partial charge in [-0.05, 0) is 66.8 Å². The normalized spacial score (nSPS) is 16.2. The number of amides is 2. The smallest absolute Gasteiger partial charge is 0.262 e. The summed E-state index contributed by atoms with van der Waals surface area (Å²) in [5, 5.41) is 3.97. The number of hydrogen-bond donors (Lipinski definition) is 2. The zero-order valence-electron chi connectivity index (χ0n) is 17.2. The molecule has 0 aliphatic heterocycles. The van der Waals surface area contributed by atoms with Crippen LogP contribution in [-0.2, 0) is 17.6 Å². The van der Waals surface area contributed by atoms with E-state index in [1.165, 1.54) is 11.3 Å². The van der Waals surface area contributed by atoms with E-state index in [0.29, 0.717) is 27.3 Å². The molecular weight excluding hydrogens is 408 g/mol. The summed E-state index contributed by atoms with van der Waals surface area (Å²) in [5.74, 6) is 0.307. The minimum Gasteiger partial charge on any atom is -0.483 e. The van der Waals surface area contributed by atoms with Crippen LogP contribution in [0, 0.1) is 18.3 Å². The molecule has 2 amide bonds. The van der Waals surface area contributed by atoms with E-state index in [9.17, 15) is 9.59 Å². The molecule has 0 radical (unpaired) electrons. The van der Waals surface area contributed by atoms with Crippen LogP contribution in [0.25, 0.3) is 0 Å². The van der Waals surface area contributed by atoms with Gasteiger partial charge in [0.05, 0.1) is 5.56 Å². The van der Waals surface area contributed by atoms with Gasteiger partial charge in [-0.1, -0.05) is 32.4 Å². The van der Waals surface area contributed by atoms with Crippen LogP contribution >= 0.6 is 22.9 Å². The van der Waals surface area contributed by atoms with Gasteiger partial charge in [0.15, 0.2) is 6.61 Å². The van der Waals surface area contributed by atoms with E-state index >= 15 is 0 Å². The molecule has 0 fully saturated rings. The number of anilines is 1. The van der Waals surface area contributed by atoms with Crippen molar-refractivity contribution in [1.29, 1.82) is 0 Å². The number of ether oxygens (including phenoxy) is 1. The molecule has 2 aromatic rings. The summed E-state index contributed by atoms with van der Waals surface area (Å²) in [6.07, 6.45) is 2.72. The van der Waals surface area contributed by atoms with E-state index in [2.05, 4.69) is 26.1 Å². The van der Waals surface area contributed by atoms with E-state index in [1.807, 2.05) is 6.92 Å². The number of rotatable bonds is 5. The van der Waals surface area contributed by atoms with Crippen molar-refractivity contribution in [1.82, 2.24) is 0 Å². The Labute approximate surface area is 180 Å². The summed E-state index contributed by atoms with van der Waals surface area (Å²) in [5.41, 5.74) is 8.14. The highest BCUT2D eigenvalue weighted by Gasteiger charge is 2.33. The molecule has 1 aromatic heterocycles. The molecule has 7 heteroatoms. The topological polar surface area (TPSA) is 81.4 Å². The number of halogens is 1. The summed E-state index contributed by atoms with van der Waals surface area (Å²) in [6, 6.07) is 5.22. The van der Waals surface area contributed by atoms with Crippen molar-refractivity contribution in [3.05, 3.63) is 44.8 Å². The van der Waals surface area contributed by atoms with Crippen molar-refractivity contribution in [2.24, 2.45) is 17.1 Å². The molecule has 3 N–H and O–H groups in total. The quantitative estimate of drug-likeness (QED) is 0.696. The summed E-state index contributed by atoms with van der Waals surface area (Å²) in [7, 11) is 0.